The van der Waals surface area contributed by atoms with Gasteiger partial charge in [0.05, 0.1) is 17.4 Å². The second-order valence-electron chi connectivity index (χ2n) is 3.75. The molecule has 1 N–H and O–H groups in total. The number of rotatable bonds is 3. The average molecular weight is 355 g/mol. The zero-order valence-electron chi connectivity index (χ0n) is 10.4. The molecule has 0 aliphatic carbocycles. The van der Waals surface area contributed by atoms with Gasteiger partial charge in [0.25, 0.3) is 0 Å². The molecule has 0 spiro atoms. The molecule has 10 heteroatoms. The lowest BCUT2D eigenvalue weighted by Crippen LogP contribution is -2.08. The first-order valence-corrected chi connectivity index (χ1v) is 7.36. The van der Waals surface area contributed by atoms with Gasteiger partial charge < -0.3 is 5.32 Å². The first kappa shape index (κ1) is 16.1. The Morgan fingerprint density at radius 1 is 1.19 bits per heavy atom. The molecule has 0 aliphatic heterocycles. The quantitative estimate of drug-likeness (QED) is 0.376. The van der Waals surface area contributed by atoms with Crippen LogP contribution in [0, 0.1) is 0 Å². The van der Waals surface area contributed by atoms with Crippen molar-refractivity contribution in [3.8, 4) is 0 Å². The predicted molar refractivity (Wildman–Crippen MR) is 76.4 cm³/mol. The monoisotopic (exact) mass is 354 g/mol. The molecule has 4 nitrogen and oxygen atoms in total. The third-order valence-corrected chi connectivity index (χ3v) is 3.32. The van der Waals surface area contributed by atoms with Crippen molar-refractivity contribution in [3.63, 3.8) is 0 Å². The van der Waals surface area contributed by atoms with Crippen molar-refractivity contribution in [2.24, 2.45) is 0 Å². The van der Waals surface area contributed by atoms with Gasteiger partial charge in [-0.05, 0) is 12.3 Å². The number of thioether (sulfide) groups is 1. The highest BCUT2D eigenvalue weighted by atomic mass is 35.5. The zero-order chi connectivity index (χ0) is 15.6. The molecule has 21 heavy (non-hydrogen) atoms. The Kier molecular flexibility index (Phi) is 4.80. The lowest BCUT2D eigenvalue weighted by atomic mass is 10.2. The van der Waals surface area contributed by atoms with Crippen molar-refractivity contribution in [1.29, 1.82) is 0 Å². The van der Waals surface area contributed by atoms with E-state index in [9.17, 15) is 13.2 Å². The van der Waals surface area contributed by atoms with Gasteiger partial charge in [-0.15, -0.1) is 0 Å². The minimum Gasteiger partial charge on any atom is -0.339 e. The van der Waals surface area contributed by atoms with E-state index in [2.05, 4.69) is 20.3 Å². The Balaban J connectivity index is 2.34. The molecule has 2 aromatic heterocycles. The summed E-state index contributed by atoms with van der Waals surface area (Å²) < 4.78 is 38.2. The summed E-state index contributed by atoms with van der Waals surface area (Å²) in [6, 6.07) is 2.24. The molecule has 2 heterocycles. The predicted octanol–water partition coefficient (Wildman–Crippen LogP) is 4.66. The van der Waals surface area contributed by atoms with Crippen LogP contribution in [0.3, 0.4) is 0 Å². The third kappa shape index (κ3) is 4.12. The normalized spacial score (nSPS) is 11.5. The Labute approximate surface area is 132 Å². The fourth-order valence-corrected chi connectivity index (χ4v) is 2.24. The number of aromatic nitrogens is 3. The molecule has 0 radical (unpaired) electrons. The number of anilines is 2. The summed E-state index contributed by atoms with van der Waals surface area (Å²) in [7, 11) is 0. The molecule has 0 bridgehead atoms. The van der Waals surface area contributed by atoms with Gasteiger partial charge in [-0.2, -0.15) is 13.2 Å². The molecule has 2 aromatic rings. The lowest BCUT2D eigenvalue weighted by Gasteiger charge is -2.11. The standard InChI is InChI=1S/C11H7Cl2F3N4S/c1-21-10-19-7(12)3-8(20-10)18-5-2-6(11(14,15)16)9(13)17-4-5/h2-4H,1H3,(H,18,19,20). The largest absolute Gasteiger partial charge is 0.419 e. The zero-order valence-corrected chi connectivity index (χ0v) is 12.7. The SMILES string of the molecule is CSc1nc(Cl)cc(Nc2cnc(Cl)c(C(F)(F)F)c2)n1. The number of nitrogens with one attached hydrogen (secondary N) is 1. The highest BCUT2D eigenvalue weighted by Gasteiger charge is 2.34. The van der Waals surface area contributed by atoms with Crippen molar-refractivity contribution >= 4 is 46.5 Å². The van der Waals surface area contributed by atoms with Crippen LogP contribution in [0.4, 0.5) is 24.7 Å². The fourth-order valence-electron chi connectivity index (χ4n) is 1.42. The van der Waals surface area contributed by atoms with Crippen molar-refractivity contribution in [1.82, 2.24) is 15.0 Å². The summed E-state index contributed by atoms with van der Waals surface area (Å²) in [4.78, 5) is 11.5. The van der Waals surface area contributed by atoms with E-state index in [1.54, 1.807) is 6.26 Å². The summed E-state index contributed by atoms with van der Waals surface area (Å²) in [5.74, 6) is 0.261. The van der Waals surface area contributed by atoms with Crippen LogP contribution in [0.25, 0.3) is 0 Å². The number of nitrogens with zero attached hydrogens (tertiary/aromatic N) is 3. The van der Waals surface area contributed by atoms with Gasteiger partial charge in [0.15, 0.2) is 5.16 Å². The van der Waals surface area contributed by atoms with Crippen LogP contribution < -0.4 is 5.32 Å². The van der Waals surface area contributed by atoms with Gasteiger partial charge in [0.2, 0.25) is 0 Å². The summed E-state index contributed by atoms with van der Waals surface area (Å²) in [5.41, 5.74) is -0.937. The second-order valence-corrected chi connectivity index (χ2v) is 5.27. The summed E-state index contributed by atoms with van der Waals surface area (Å²) in [6.45, 7) is 0. The summed E-state index contributed by atoms with van der Waals surface area (Å²) >= 11 is 12.5. The second kappa shape index (κ2) is 6.25. The maximum absolute atomic E-state index is 12.7. The molecule has 0 aromatic carbocycles. The van der Waals surface area contributed by atoms with Crippen LogP contribution >= 0.6 is 35.0 Å². The Bertz CT molecular complexity index is 666. The van der Waals surface area contributed by atoms with Crippen molar-refractivity contribution < 1.29 is 13.2 Å². The molecular weight excluding hydrogens is 348 g/mol. The van der Waals surface area contributed by atoms with E-state index in [0.29, 0.717) is 5.16 Å². The fraction of sp³-hybridized carbons (Fsp3) is 0.182. The molecule has 0 amide bonds. The maximum atomic E-state index is 12.7. The van der Waals surface area contributed by atoms with Crippen LogP contribution in [0.5, 0.6) is 0 Å². The molecule has 0 fully saturated rings. The average Bonchev–Trinajstić information content (AvgIpc) is 2.39. The van der Waals surface area contributed by atoms with Crippen LogP contribution in [-0.2, 0) is 6.18 Å². The number of halogens is 5. The van der Waals surface area contributed by atoms with Crippen LogP contribution in [0.1, 0.15) is 5.56 Å². The third-order valence-electron chi connectivity index (χ3n) is 2.27. The first-order valence-electron chi connectivity index (χ1n) is 5.38. The molecule has 0 saturated carbocycles. The van der Waals surface area contributed by atoms with E-state index in [0.717, 1.165) is 6.07 Å². The van der Waals surface area contributed by atoms with Crippen molar-refractivity contribution in [3.05, 3.63) is 34.2 Å². The maximum Gasteiger partial charge on any atom is 0.419 e. The molecule has 2 rings (SSSR count). The minimum absolute atomic E-state index is 0.0912. The summed E-state index contributed by atoms with van der Waals surface area (Å²) in [6.07, 6.45) is -1.66. The molecule has 0 unspecified atom stereocenters. The van der Waals surface area contributed by atoms with Gasteiger partial charge in [-0.25, -0.2) is 15.0 Å². The van der Waals surface area contributed by atoms with E-state index < -0.39 is 16.9 Å². The topological polar surface area (TPSA) is 50.7 Å². The van der Waals surface area contributed by atoms with E-state index in [4.69, 9.17) is 23.2 Å². The van der Waals surface area contributed by atoms with E-state index in [1.807, 2.05) is 0 Å². The Hall–Kier alpha value is -1.25. The van der Waals surface area contributed by atoms with E-state index in [-0.39, 0.29) is 16.7 Å². The van der Waals surface area contributed by atoms with Crippen molar-refractivity contribution in [2.75, 3.05) is 11.6 Å². The number of hydrogen-bond donors (Lipinski definition) is 1. The smallest absolute Gasteiger partial charge is 0.339 e. The number of hydrogen-bond acceptors (Lipinski definition) is 5. The molecule has 112 valence electrons. The molecule has 0 atom stereocenters. The van der Waals surface area contributed by atoms with Gasteiger partial charge in [0, 0.05) is 6.07 Å². The highest BCUT2D eigenvalue weighted by Crippen LogP contribution is 2.35. The van der Waals surface area contributed by atoms with Gasteiger partial charge in [-0.1, -0.05) is 35.0 Å². The van der Waals surface area contributed by atoms with Gasteiger partial charge in [0.1, 0.15) is 16.1 Å². The van der Waals surface area contributed by atoms with Crippen LogP contribution in [0.15, 0.2) is 23.5 Å². The Morgan fingerprint density at radius 2 is 1.90 bits per heavy atom. The van der Waals surface area contributed by atoms with Gasteiger partial charge >= 0.3 is 6.18 Å². The highest BCUT2D eigenvalue weighted by molar-refractivity contribution is 7.98. The first-order chi connectivity index (χ1) is 9.79. The van der Waals surface area contributed by atoms with Crippen LogP contribution in [0.2, 0.25) is 10.3 Å². The summed E-state index contributed by atoms with van der Waals surface area (Å²) in [5, 5.41) is 2.64. The molecule has 0 aliphatic rings. The van der Waals surface area contributed by atoms with Crippen LogP contribution in [-0.4, -0.2) is 21.2 Å². The molecule has 0 saturated heterocycles. The Morgan fingerprint density at radius 3 is 2.52 bits per heavy atom. The van der Waals surface area contributed by atoms with E-state index in [1.165, 1.54) is 24.0 Å². The number of alkyl halides is 3. The van der Waals surface area contributed by atoms with Gasteiger partial charge in [-0.3, -0.25) is 0 Å². The molecular formula is C11H7Cl2F3N4S. The number of pyridine rings is 1. The lowest BCUT2D eigenvalue weighted by molar-refractivity contribution is -0.137. The van der Waals surface area contributed by atoms with E-state index >= 15 is 0 Å². The van der Waals surface area contributed by atoms with Crippen molar-refractivity contribution in [2.45, 2.75) is 11.3 Å². The minimum atomic E-state index is -4.59.